The second kappa shape index (κ2) is 4.55. The molecule has 0 amide bonds. The maximum Gasteiger partial charge on any atom is 0.124 e. The highest BCUT2D eigenvalue weighted by molar-refractivity contribution is 8.00. The Morgan fingerprint density at radius 2 is 2.31 bits per heavy atom. The molecule has 2 atom stereocenters. The van der Waals surface area contributed by atoms with Crippen molar-refractivity contribution in [1.82, 2.24) is 5.32 Å². The van der Waals surface area contributed by atoms with Crippen LogP contribution in [0, 0.1) is 11.7 Å². The predicted molar refractivity (Wildman–Crippen MR) is 68.4 cm³/mol. The zero-order valence-electron chi connectivity index (χ0n) is 9.39. The van der Waals surface area contributed by atoms with E-state index < -0.39 is 0 Å². The van der Waals surface area contributed by atoms with Crippen LogP contribution in [0.4, 0.5) is 4.39 Å². The van der Waals surface area contributed by atoms with Crippen molar-refractivity contribution in [2.24, 2.45) is 5.92 Å². The summed E-state index contributed by atoms with van der Waals surface area (Å²) >= 11 is 7.92. The molecule has 1 nitrogen and oxygen atoms in total. The van der Waals surface area contributed by atoms with Crippen molar-refractivity contribution in [2.45, 2.75) is 18.7 Å². The zero-order chi connectivity index (χ0) is 11.8. The molecule has 1 fully saturated rings. The number of hydrogen-bond acceptors (Lipinski definition) is 2. The van der Waals surface area contributed by atoms with E-state index >= 15 is 0 Å². The number of benzene rings is 1. The van der Waals surface area contributed by atoms with E-state index in [1.807, 2.05) is 11.8 Å². The van der Waals surface area contributed by atoms with Crippen LogP contribution in [-0.2, 0) is 4.87 Å². The van der Waals surface area contributed by atoms with Crippen molar-refractivity contribution < 1.29 is 4.39 Å². The Labute approximate surface area is 105 Å². The summed E-state index contributed by atoms with van der Waals surface area (Å²) in [5.41, 5.74) is 0.965. The fraction of sp³-hybridized carbons (Fsp3) is 0.500. The Balaban J connectivity index is 2.29. The number of rotatable bonds is 1. The zero-order valence-corrected chi connectivity index (χ0v) is 11.0. The van der Waals surface area contributed by atoms with Crippen molar-refractivity contribution >= 4 is 23.4 Å². The van der Waals surface area contributed by atoms with Gasteiger partial charge in [-0.15, -0.1) is 11.8 Å². The smallest absolute Gasteiger partial charge is 0.124 e. The molecule has 0 aliphatic carbocycles. The second-order valence-electron chi connectivity index (χ2n) is 4.45. The molecule has 4 heteroatoms. The van der Waals surface area contributed by atoms with E-state index in [-0.39, 0.29) is 10.7 Å². The lowest BCUT2D eigenvalue weighted by Crippen LogP contribution is -2.44. The third-order valence-corrected chi connectivity index (χ3v) is 4.88. The van der Waals surface area contributed by atoms with Gasteiger partial charge in [0, 0.05) is 17.1 Å². The molecule has 0 bridgehead atoms. The maximum atomic E-state index is 13.0. The lowest BCUT2D eigenvalue weighted by atomic mass is 10.1. The molecule has 88 valence electrons. The van der Waals surface area contributed by atoms with Crippen molar-refractivity contribution in [3.8, 4) is 0 Å². The van der Waals surface area contributed by atoms with Crippen molar-refractivity contribution in [3.63, 3.8) is 0 Å². The number of nitrogens with one attached hydrogen (secondary N) is 1. The lowest BCUT2D eigenvalue weighted by Gasteiger charge is -2.38. The standard InChI is InChI=1S/C12H15ClFNS/c1-8-6-15-12(2,16-7-8)10-4-3-9(14)5-11(10)13/h3-5,8,15H,6-7H2,1-2H3. The highest BCUT2D eigenvalue weighted by atomic mass is 35.5. The summed E-state index contributed by atoms with van der Waals surface area (Å²) in [4.78, 5) is -0.197. The monoisotopic (exact) mass is 259 g/mol. The predicted octanol–water partition coefficient (Wildman–Crippen LogP) is 3.62. The summed E-state index contributed by atoms with van der Waals surface area (Å²) in [7, 11) is 0. The first-order chi connectivity index (χ1) is 7.51. The quantitative estimate of drug-likeness (QED) is 0.827. The summed E-state index contributed by atoms with van der Waals surface area (Å²) in [5, 5.41) is 3.98. The van der Waals surface area contributed by atoms with Crippen LogP contribution < -0.4 is 5.32 Å². The number of halogens is 2. The molecule has 0 aromatic heterocycles. The molecule has 2 rings (SSSR count). The summed E-state index contributed by atoms with van der Waals surface area (Å²) in [6.45, 7) is 5.28. The van der Waals surface area contributed by atoms with Crippen molar-refractivity contribution in [2.75, 3.05) is 12.3 Å². The van der Waals surface area contributed by atoms with Crippen LogP contribution in [0.25, 0.3) is 0 Å². The minimum absolute atomic E-state index is 0.197. The molecule has 2 unspecified atom stereocenters. The summed E-state index contributed by atoms with van der Waals surface area (Å²) in [6.07, 6.45) is 0. The first-order valence-electron chi connectivity index (χ1n) is 5.36. The highest BCUT2D eigenvalue weighted by Gasteiger charge is 2.33. The van der Waals surface area contributed by atoms with E-state index in [0.29, 0.717) is 10.9 Å². The Kier molecular flexibility index (Phi) is 3.48. The topological polar surface area (TPSA) is 12.0 Å². The largest absolute Gasteiger partial charge is 0.299 e. The van der Waals surface area contributed by atoms with Gasteiger partial charge in [-0.3, -0.25) is 5.32 Å². The van der Waals surface area contributed by atoms with Crippen LogP contribution in [-0.4, -0.2) is 12.3 Å². The highest BCUT2D eigenvalue weighted by Crippen LogP contribution is 2.40. The minimum Gasteiger partial charge on any atom is -0.299 e. The van der Waals surface area contributed by atoms with Crippen LogP contribution in [0.15, 0.2) is 18.2 Å². The number of hydrogen-bond donors (Lipinski definition) is 1. The summed E-state index contributed by atoms with van der Waals surface area (Å²) < 4.78 is 13.0. The maximum absolute atomic E-state index is 13.0. The van der Waals surface area contributed by atoms with Crippen LogP contribution in [0.3, 0.4) is 0 Å². The average Bonchev–Trinajstić information content (AvgIpc) is 2.22. The first-order valence-corrected chi connectivity index (χ1v) is 6.72. The fourth-order valence-corrected chi connectivity index (χ4v) is 3.50. The fourth-order valence-electron chi connectivity index (χ4n) is 1.84. The van der Waals surface area contributed by atoms with E-state index in [1.54, 1.807) is 6.07 Å². The van der Waals surface area contributed by atoms with Crippen LogP contribution in [0.2, 0.25) is 5.02 Å². The third kappa shape index (κ3) is 2.36. The second-order valence-corrected chi connectivity index (χ2v) is 6.30. The van der Waals surface area contributed by atoms with E-state index in [1.165, 1.54) is 12.1 Å². The van der Waals surface area contributed by atoms with E-state index in [0.717, 1.165) is 17.9 Å². The van der Waals surface area contributed by atoms with Gasteiger partial charge in [-0.25, -0.2) is 4.39 Å². The molecule has 0 saturated carbocycles. The van der Waals surface area contributed by atoms with Crippen LogP contribution in [0.1, 0.15) is 19.4 Å². The van der Waals surface area contributed by atoms with E-state index in [4.69, 9.17) is 11.6 Å². The van der Waals surface area contributed by atoms with Gasteiger partial charge >= 0.3 is 0 Å². The lowest BCUT2D eigenvalue weighted by molar-refractivity contribution is 0.443. The van der Waals surface area contributed by atoms with Gasteiger partial charge in [0.1, 0.15) is 5.82 Å². The molecule has 0 spiro atoms. The number of thioether (sulfide) groups is 1. The molecule has 1 saturated heterocycles. The molecule has 1 aromatic carbocycles. The molecular weight excluding hydrogens is 245 g/mol. The Bertz CT molecular complexity index is 389. The SMILES string of the molecule is CC1CNC(C)(c2ccc(F)cc2Cl)SC1. The van der Waals surface area contributed by atoms with Crippen LogP contribution >= 0.6 is 23.4 Å². The van der Waals surface area contributed by atoms with E-state index in [2.05, 4.69) is 19.2 Å². The minimum atomic E-state index is -0.286. The first kappa shape index (κ1) is 12.2. The van der Waals surface area contributed by atoms with Crippen LogP contribution in [0.5, 0.6) is 0 Å². The summed E-state index contributed by atoms with van der Waals surface area (Å²) in [5.74, 6) is 1.47. The van der Waals surface area contributed by atoms with Gasteiger partial charge in [-0.1, -0.05) is 24.6 Å². The van der Waals surface area contributed by atoms with Gasteiger partial charge in [0.05, 0.1) is 4.87 Å². The molecular formula is C12H15ClFNS. The molecule has 1 aliphatic heterocycles. The molecule has 16 heavy (non-hydrogen) atoms. The Hall–Kier alpha value is -0.250. The van der Waals surface area contributed by atoms with Gasteiger partial charge in [0.2, 0.25) is 0 Å². The normalized spacial score (nSPS) is 30.4. The Morgan fingerprint density at radius 1 is 1.56 bits per heavy atom. The Morgan fingerprint density at radius 3 is 2.88 bits per heavy atom. The van der Waals surface area contributed by atoms with Gasteiger partial charge in [0.15, 0.2) is 0 Å². The van der Waals surface area contributed by atoms with Crippen molar-refractivity contribution in [3.05, 3.63) is 34.6 Å². The molecule has 0 radical (unpaired) electrons. The third-order valence-electron chi connectivity index (χ3n) is 2.89. The molecule has 1 heterocycles. The molecule has 1 aromatic rings. The van der Waals surface area contributed by atoms with Gasteiger partial charge < -0.3 is 0 Å². The van der Waals surface area contributed by atoms with Gasteiger partial charge in [-0.2, -0.15) is 0 Å². The van der Waals surface area contributed by atoms with Gasteiger partial charge in [-0.05, 0) is 30.7 Å². The molecule has 1 N–H and O–H groups in total. The average molecular weight is 260 g/mol. The van der Waals surface area contributed by atoms with Gasteiger partial charge in [0.25, 0.3) is 0 Å². The molecule has 1 aliphatic rings. The van der Waals surface area contributed by atoms with Crippen molar-refractivity contribution in [1.29, 1.82) is 0 Å². The van der Waals surface area contributed by atoms with E-state index in [9.17, 15) is 4.39 Å². The summed E-state index contributed by atoms with van der Waals surface area (Å²) in [6, 6.07) is 4.61.